The molecule has 0 heterocycles. The van der Waals surface area contributed by atoms with Gasteiger partial charge < -0.3 is 0 Å². The van der Waals surface area contributed by atoms with Gasteiger partial charge in [-0.1, -0.05) is 135 Å². The summed E-state index contributed by atoms with van der Waals surface area (Å²) in [5.41, 5.74) is 25.3. The largest absolute Gasteiger partial charge is 0.165 e. The van der Waals surface area contributed by atoms with Gasteiger partial charge in [0.25, 0.3) is 0 Å². The Kier molecular flexibility index (Phi) is 45.0. The molecule has 0 radical (unpaired) electrons. The third-order valence-electron chi connectivity index (χ3n) is 14.5. The Balaban J connectivity index is -0.000000961. The maximum atomic E-state index is 2.31. The van der Waals surface area contributed by atoms with E-state index in [1.54, 1.807) is 70.0 Å². The number of halogens is 6. The van der Waals surface area contributed by atoms with Crippen molar-refractivity contribution in [3.05, 3.63) is 246 Å². The van der Waals surface area contributed by atoms with Crippen LogP contribution >= 0.6 is 74.4 Å². The van der Waals surface area contributed by atoms with Crippen LogP contribution in [-0.2, 0) is 70.0 Å². The van der Waals surface area contributed by atoms with Gasteiger partial charge in [-0.25, -0.2) is 0 Å². The minimum Gasteiger partial charge on any atom is -0.165 e. The predicted molar refractivity (Wildman–Crippen MR) is 418 cm³/mol. The molecular weight excluding hydrogens is 1510 g/mol. The first-order valence-corrected chi connectivity index (χ1v) is 48.2. The van der Waals surface area contributed by atoms with Crippen molar-refractivity contribution in [1.82, 2.24) is 0 Å². The van der Waals surface area contributed by atoms with Crippen LogP contribution in [0, 0.1) is 125 Å². The molecule has 0 spiro atoms. The topological polar surface area (TPSA) is 0 Å². The summed E-state index contributed by atoms with van der Waals surface area (Å²) in [5, 5.41) is 16.7. The summed E-state index contributed by atoms with van der Waals surface area (Å²) < 4.78 is 0. The van der Waals surface area contributed by atoms with E-state index in [-0.39, 0.29) is 90.7 Å². The maximum Gasteiger partial charge on any atom is -0.0411 e. The van der Waals surface area contributed by atoms with Gasteiger partial charge in [0, 0.05) is 0 Å². The SMILES string of the molecule is C[Si](C)=[Zr+2].C[Si](C)=[Zr+2].C[Si](C)=[Zr+2].Cc1cc(C)c2cc(C)[cH-]c2c1.Cc1cc(C)c2cc(C)[cH-]c2c1.Cc1cc2c(C)ccc(C)c2[cH-]1.Cc1cc2c(C)ccc(C)c2[cH-]1.Cc1cc2cc(C)c(C)cc2[cH-]1.Cc1cc2cc(C)c(C)cc2[cH-]1.Cl.Cl.Cl.Cl.Cl.Cl. The van der Waals surface area contributed by atoms with Gasteiger partial charge in [-0.15, -0.1) is 269 Å². The van der Waals surface area contributed by atoms with E-state index in [0.717, 1.165) is 0 Å². The van der Waals surface area contributed by atoms with E-state index in [2.05, 4.69) is 310 Å². The molecule has 0 saturated carbocycles. The number of hydrogen-bond donors (Lipinski definition) is 0. The standard InChI is InChI=1S/6C12H13.3C2H6Si.6ClH.3Zr/c2*1-8-4-11-6-9(2)10(3)7-12(11)5-8;2*1-8-4-10(3)12-7-9(2)6-11(12)5-8;2*1-8-6-11-9(2)4-5-10(3)12(11)7-8;3*1-3-2;;;;;;;;;/h6*4-7H,1-3H3;3*1-2H3;6*1H;;;/q6*-1;;;;;;;;;;3*+2. The molecule has 0 aliphatic rings. The molecule has 0 aromatic heterocycles. The van der Waals surface area contributed by atoms with Crippen molar-refractivity contribution in [3.8, 4) is 0 Å². The predicted octanol–water partition coefficient (Wildman–Crippen LogP) is 25.8. The van der Waals surface area contributed by atoms with E-state index in [1.165, 1.54) is 165 Å². The second-order valence-electron chi connectivity index (χ2n) is 24.5. The van der Waals surface area contributed by atoms with Crippen molar-refractivity contribution >= 4 is 155 Å². The number of fused-ring (bicyclic) bond motifs is 6. The molecule has 12 aromatic rings. The van der Waals surface area contributed by atoms with Gasteiger partial charge >= 0.3 is 126 Å². The van der Waals surface area contributed by atoms with Gasteiger partial charge in [-0.2, -0.15) is 36.4 Å². The number of rotatable bonds is 0. The van der Waals surface area contributed by atoms with E-state index >= 15 is 0 Å². The second-order valence-corrected chi connectivity index (χ2v) is 52.7. The Morgan fingerprint density at radius 1 is 0.233 bits per heavy atom. The zero-order valence-electron chi connectivity index (χ0n) is 58.3. The summed E-state index contributed by atoms with van der Waals surface area (Å²) in [7, 11) is 0. The van der Waals surface area contributed by atoms with Crippen LogP contribution in [-0.4, -0.2) is 16.3 Å². The molecule has 0 aliphatic heterocycles. The van der Waals surface area contributed by atoms with Crippen LogP contribution in [0.5, 0.6) is 0 Å². The van der Waals surface area contributed by atoms with Gasteiger partial charge in [0.15, 0.2) is 0 Å². The van der Waals surface area contributed by atoms with Crippen LogP contribution in [0.1, 0.15) is 100 Å². The Morgan fingerprint density at radius 3 is 0.756 bits per heavy atom. The fourth-order valence-electron chi connectivity index (χ4n) is 10.4. The molecule has 0 fully saturated rings. The van der Waals surface area contributed by atoms with Gasteiger partial charge in [0.05, 0.1) is 0 Å². The van der Waals surface area contributed by atoms with E-state index in [4.69, 9.17) is 0 Å². The average Bonchev–Trinajstić information content (AvgIpc) is 2.40. The molecule has 0 saturated heterocycles. The quantitative estimate of drug-likeness (QED) is 0.105. The van der Waals surface area contributed by atoms with E-state index in [9.17, 15) is 0 Å². The minimum absolute atomic E-state index is 0. The van der Waals surface area contributed by atoms with E-state index < -0.39 is 0 Å². The Bertz CT molecular complexity index is 3760. The first-order valence-electron chi connectivity index (χ1n) is 29.6. The first-order chi connectivity index (χ1) is 39.2. The average molecular weight is 1610 g/mol. The third kappa shape index (κ3) is 30.0. The summed E-state index contributed by atoms with van der Waals surface area (Å²) in [5.74, 6) is 0. The fraction of sp³-hybridized carbons (Fsp3) is 0.308. The van der Waals surface area contributed by atoms with Gasteiger partial charge in [0.2, 0.25) is 0 Å². The molecule has 0 atom stereocenters. The summed E-state index contributed by atoms with van der Waals surface area (Å²) in [4.78, 5) is 0. The first kappa shape index (κ1) is 92.2. The van der Waals surface area contributed by atoms with Crippen LogP contribution < -0.4 is 0 Å². The molecule has 0 unspecified atom stereocenters. The summed E-state index contributed by atoms with van der Waals surface area (Å²) in [6.07, 6.45) is 0. The van der Waals surface area contributed by atoms with Crippen LogP contribution in [0.15, 0.2) is 146 Å². The van der Waals surface area contributed by atoms with Crippen molar-refractivity contribution in [2.45, 2.75) is 164 Å². The van der Waals surface area contributed by atoms with Crippen LogP contribution in [0.25, 0.3) is 64.6 Å². The molecule has 12 rings (SSSR count). The van der Waals surface area contributed by atoms with E-state index in [0.29, 0.717) is 0 Å². The van der Waals surface area contributed by atoms with Crippen LogP contribution in [0.3, 0.4) is 0 Å². The van der Waals surface area contributed by atoms with Gasteiger partial charge in [0.1, 0.15) is 0 Å². The van der Waals surface area contributed by atoms with Gasteiger partial charge in [-0.05, 0) is 69.2 Å². The number of hydrogen-bond acceptors (Lipinski definition) is 0. The zero-order valence-corrected chi connectivity index (χ0v) is 73.6. The third-order valence-corrected chi connectivity index (χ3v) is 14.5. The molecule has 0 aliphatic carbocycles. The summed E-state index contributed by atoms with van der Waals surface area (Å²) in [6.45, 7) is 52.7. The molecule has 0 N–H and O–H groups in total. The Hall–Kier alpha value is -1.98. The van der Waals surface area contributed by atoms with Crippen LogP contribution in [0.4, 0.5) is 0 Å². The van der Waals surface area contributed by atoms with Crippen molar-refractivity contribution in [2.75, 3.05) is 0 Å². The molecule has 0 nitrogen and oxygen atoms in total. The Labute approximate surface area is 627 Å². The number of benzene rings is 6. The van der Waals surface area contributed by atoms with Crippen molar-refractivity contribution in [2.24, 2.45) is 0 Å². The minimum atomic E-state index is 0. The maximum absolute atomic E-state index is 2.31. The normalized spacial score (nSPS) is 9.67. The van der Waals surface area contributed by atoms with Gasteiger partial charge in [-0.3, -0.25) is 0 Å². The Morgan fingerprint density at radius 2 is 0.467 bits per heavy atom. The molecule has 90 heavy (non-hydrogen) atoms. The molecule has 12 aromatic carbocycles. The molecule has 480 valence electrons. The van der Waals surface area contributed by atoms with E-state index in [1.807, 2.05) is 0 Å². The summed E-state index contributed by atoms with van der Waals surface area (Å²) >= 11 is 5.22. The summed E-state index contributed by atoms with van der Waals surface area (Å²) in [6, 6.07) is 53.8. The fourth-order valence-corrected chi connectivity index (χ4v) is 10.4. The zero-order chi connectivity index (χ0) is 63.0. The molecule has 12 heteroatoms. The van der Waals surface area contributed by atoms with Crippen molar-refractivity contribution < 1.29 is 70.0 Å². The van der Waals surface area contributed by atoms with Crippen molar-refractivity contribution in [1.29, 1.82) is 0 Å². The van der Waals surface area contributed by atoms with Crippen LogP contribution in [0.2, 0.25) is 39.3 Å². The number of aryl methyl sites for hydroxylation is 18. The molecular formula is C78H102Cl6Si3Zr3. The second kappa shape index (κ2) is 44.0. The molecule has 0 bridgehead atoms. The monoisotopic (exact) mass is 1600 g/mol. The molecule has 0 amide bonds. The smallest absolute Gasteiger partial charge is 0.0411 e. The van der Waals surface area contributed by atoms with Crippen molar-refractivity contribution in [3.63, 3.8) is 0 Å².